The lowest BCUT2D eigenvalue weighted by molar-refractivity contribution is -0.141. The highest BCUT2D eigenvalue weighted by atomic mass is 32.2. The maximum absolute atomic E-state index is 12.9. The molecular formula is C26H26N2O4S2. The van der Waals surface area contributed by atoms with Gasteiger partial charge in [-0.3, -0.25) is 9.69 Å². The highest BCUT2D eigenvalue weighted by molar-refractivity contribution is 7.89. The second-order valence-electron chi connectivity index (χ2n) is 8.25. The van der Waals surface area contributed by atoms with Crippen LogP contribution in [0.3, 0.4) is 0 Å². The monoisotopic (exact) mass is 494 g/mol. The molecule has 176 valence electrons. The van der Waals surface area contributed by atoms with E-state index in [2.05, 4.69) is 28.9 Å². The van der Waals surface area contributed by atoms with Gasteiger partial charge in [-0.2, -0.15) is 4.31 Å². The number of hydrogen-bond donors (Lipinski definition) is 1. The molecule has 1 unspecified atom stereocenters. The first-order valence-electron chi connectivity index (χ1n) is 11.0. The molecule has 1 aliphatic heterocycles. The van der Waals surface area contributed by atoms with Crippen LogP contribution in [0.5, 0.6) is 0 Å². The number of nitrogens with zero attached hydrogens (tertiary/aromatic N) is 2. The summed E-state index contributed by atoms with van der Waals surface area (Å²) in [5.74, 6) is 5.26. The van der Waals surface area contributed by atoms with Crippen molar-refractivity contribution in [1.29, 1.82) is 0 Å². The number of carboxylic acids is 1. The summed E-state index contributed by atoms with van der Waals surface area (Å²) in [6.45, 7) is 3.27. The van der Waals surface area contributed by atoms with Gasteiger partial charge in [-0.25, -0.2) is 8.42 Å². The van der Waals surface area contributed by atoms with Gasteiger partial charge in [-0.1, -0.05) is 61.2 Å². The van der Waals surface area contributed by atoms with E-state index in [1.165, 1.54) is 16.9 Å². The summed E-state index contributed by atoms with van der Waals surface area (Å²) < 4.78 is 26.9. The zero-order valence-electron chi connectivity index (χ0n) is 19.1. The predicted molar refractivity (Wildman–Crippen MR) is 134 cm³/mol. The van der Waals surface area contributed by atoms with E-state index in [0.29, 0.717) is 11.4 Å². The number of sulfonamides is 1. The summed E-state index contributed by atoms with van der Waals surface area (Å²) >= 11 is 1.39. The number of hydrogen-bond acceptors (Lipinski definition) is 5. The number of thiophene rings is 1. The van der Waals surface area contributed by atoms with Crippen molar-refractivity contribution >= 4 is 27.3 Å². The number of aliphatic carboxylic acids is 1. The fourth-order valence-electron chi connectivity index (χ4n) is 3.96. The summed E-state index contributed by atoms with van der Waals surface area (Å²) in [5, 5.41) is 9.38. The van der Waals surface area contributed by atoms with Crippen molar-refractivity contribution in [1.82, 2.24) is 9.21 Å². The molecule has 0 spiro atoms. The highest BCUT2D eigenvalue weighted by Crippen LogP contribution is 2.42. The van der Waals surface area contributed by atoms with E-state index >= 15 is 0 Å². The molecule has 0 radical (unpaired) electrons. The van der Waals surface area contributed by atoms with Gasteiger partial charge in [0.25, 0.3) is 0 Å². The zero-order chi connectivity index (χ0) is 24.3. The van der Waals surface area contributed by atoms with Gasteiger partial charge in [-0.05, 0) is 42.8 Å². The minimum absolute atomic E-state index is 0.104. The first kappa shape index (κ1) is 24.2. The summed E-state index contributed by atoms with van der Waals surface area (Å²) in [7, 11) is -1.77. The second kappa shape index (κ2) is 10.1. The molecule has 4 rings (SSSR count). The average molecular weight is 495 g/mol. The third kappa shape index (κ3) is 5.08. The van der Waals surface area contributed by atoms with Crippen molar-refractivity contribution in [3.8, 4) is 22.3 Å². The van der Waals surface area contributed by atoms with Crippen LogP contribution in [0.1, 0.15) is 29.3 Å². The molecule has 34 heavy (non-hydrogen) atoms. The minimum Gasteiger partial charge on any atom is -0.480 e. The van der Waals surface area contributed by atoms with E-state index in [1.54, 1.807) is 13.0 Å². The van der Waals surface area contributed by atoms with E-state index in [9.17, 15) is 18.3 Å². The molecule has 1 N–H and O–H groups in total. The van der Waals surface area contributed by atoms with E-state index in [0.717, 1.165) is 26.9 Å². The van der Waals surface area contributed by atoms with Crippen LogP contribution in [0.15, 0.2) is 65.6 Å². The van der Waals surface area contributed by atoms with Crippen molar-refractivity contribution in [3.63, 3.8) is 0 Å². The Morgan fingerprint density at radius 3 is 2.50 bits per heavy atom. The van der Waals surface area contributed by atoms with Crippen molar-refractivity contribution in [3.05, 3.63) is 76.7 Å². The lowest BCUT2D eigenvalue weighted by Crippen LogP contribution is -2.40. The molecule has 6 nitrogen and oxygen atoms in total. The Labute approximate surface area is 204 Å². The first-order chi connectivity index (χ1) is 16.3. The Morgan fingerprint density at radius 1 is 1.18 bits per heavy atom. The SMILES string of the molecule is CCC(C(=O)O)N1Cc2sc(-c3ccc(C#CCN(C)Cc4ccccc4)cc3)cc2S1(=O)=O. The van der Waals surface area contributed by atoms with Gasteiger partial charge >= 0.3 is 5.97 Å². The summed E-state index contributed by atoms with van der Waals surface area (Å²) in [5.41, 5.74) is 3.06. The topological polar surface area (TPSA) is 77.9 Å². The number of fused-ring (bicyclic) bond motifs is 1. The van der Waals surface area contributed by atoms with Gasteiger partial charge in [0.05, 0.1) is 18.0 Å². The van der Waals surface area contributed by atoms with Crippen molar-refractivity contribution < 1.29 is 18.3 Å². The Bertz CT molecular complexity index is 1340. The molecule has 2 heterocycles. The Hall–Kier alpha value is -2.96. The molecule has 0 saturated heterocycles. The van der Waals surface area contributed by atoms with Crippen LogP contribution < -0.4 is 0 Å². The molecule has 1 atom stereocenters. The molecular weight excluding hydrogens is 468 g/mol. The fraction of sp³-hybridized carbons (Fsp3) is 0.269. The molecule has 0 amide bonds. The zero-order valence-corrected chi connectivity index (χ0v) is 20.7. The average Bonchev–Trinajstić information content (AvgIpc) is 3.34. The molecule has 8 heteroatoms. The molecule has 1 aliphatic rings. The fourth-order valence-corrected chi connectivity index (χ4v) is 7.36. The van der Waals surface area contributed by atoms with Crippen LogP contribution in [-0.2, 0) is 27.9 Å². The second-order valence-corrected chi connectivity index (χ2v) is 11.2. The van der Waals surface area contributed by atoms with Gasteiger partial charge < -0.3 is 5.11 Å². The van der Waals surface area contributed by atoms with E-state index in [-0.39, 0.29) is 17.9 Å². The molecule has 2 aromatic carbocycles. The van der Waals surface area contributed by atoms with Crippen LogP contribution in [0.25, 0.3) is 10.4 Å². The van der Waals surface area contributed by atoms with E-state index in [1.807, 2.05) is 49.5 Å². The van der Waals surface area contributed by atoms with Crippen LogP contribution in [0.2, 0.25) is 0 Å². The Balaban J connectivity index is 1.43. The Kier molecular flexibility index (Phi) is 7.19. The van der Waals surface area contributed by atoms with Crippen molar-refractivity contribution in [2.24, 2.45) is 0 Å². The Morgan fingerprint density at radius 2 is 1.88 bits per heavy atom. The normalized spacial score (nSPS) is 15.5. The first-order valence-corrected chi connectivity index (χ1v) is 13.2. The number of rotatable bonds is 7. The lowest BCUT2D eigenvalue weighted by atomic mass is 10.1. The molecule has 0 fully saturated rings. The molecule has 0 saturated carbocycles. The summed E-state index contributed by atoms with van der Waals surface area (Å²) in [6.07, 6.45) is 0.223. The van der Waals surface area contributed by atoms with Crippen molar-refractivity contribution in [2.75, 3.05) is 13.6 Å². The van der Waals surface area contributed by atoms with Crippen LogP contribution in [0.4, 0.5) is 0 Å². The van der Waals surface area contributed by atoms with E-state index < -0.39 is 22.0 Å². The molecule has 0 bridgehead atoms. The number of carboxylic acid groups (broad SMARTS) is 1. The maximum Gasteiger partial charge on any atom is 0.322 e. The highest BCUT2D eigenvalue weighted by Gasteiger charge is 2.42. The molecule has 3 aromatic rings. The van der Waals surface area contributed by atoms with Gasteiger partial charge in [0.15, 0.2) is 0 Å². The third-order valence-electron chi connectivity index (χ3n) is 5.72. The van der Waals surface area contributed by atoms with E-state index in [4.69, 9.17) is 0 Å². The standard InChI is InChI=1S/C26H26N2O4S2/c1-3-22(26(29)30)28-18-24-25(34(28,31)32)16-23(33-24)21-13-11-19(12-14-21)10-7-15-27(2)17-20-8-5-4-6-9-20/h4-6,8-9,11-14,16,22H,3,15,17-18H2,1-2H3,(H,29,30). The van der Waals surface area contributed by atoms with Gasteiger partial charge in [-0.15, -0.1) is 11.3 Å². The van der Waals surface area contributed by atoms with Crippen molar-refractivity contribution in [2.45, 2.75) is 37.4 Å². The quantitative estimate of drug-likeness (QED) is 0.497. The van der Waals surface area contributed by atoms with Crippen LogP contribution in [0, 0.1) is 11.8 Å². The summed E-state index contributed by atoms with van der Waals surface area (Å²) in [4.78, 5) is 15.4. The smallest absolute Gasteiger partial charge is 0.322 e. The molecule has 1 aromatic heterocycles. The summed E-state index contributed by atoms with van der Waals surface area (Å²) in [6, 6.07) is 18.6. The molecule has 0 aliphatic carbocycles. The predicted octanol–water partition coefficient (Wildman–Crippen LogP) is 4.27. The third-order valence-corrected chi connectivity index (χ3v) is 8.94. The lowest BCUT2D eigenvalue weighted by Gasteiger charge is -2.21. The van der Waals surface area contributed by atoms with Crippen LogP contribution in [-0.4, -0.2) is 48.3 Å². The minimum atomic E-state index is -3.81. The number of carbonyl (C=O) groups is 1. The largest absolute Gasteiger partial charge is 0.480 e. The van der Waals surface area contributed by atoms with Gasteiger partial charge in [0.2, 0.25) is 10.0 Å². The number of benzene rings is 2. The van der Waals surface area contributed by atoms with Crippen LogP contribution >= 0.6 is 11.3 Å². The van der Waals surface area contributed by atoms with Gasteiger partial charge in [0.1, 0.15) is 6.04 Å². The van der Waals surface area contributed by atoms with Gasteiger partial charge in [0, 0.05) is 21.9 Å². The maximum atomic E-state index is 12.9.